The van der Waals surface area contributed by atoms with Crippen LogP contribution in [0.2, 0.25) is 0 Å². The van der Waals surface area contributed by atoms with E-state index in [0.717, 1.165) is 5.56 Å². The highest BCUT2D eigenvalue weighted by molar-refractivity contribution is 5.97. The fourth-order valence-electron chi connectivity index (χ4n) is 1.80. The van der Waals surface area contributed by atoms with Crippen LogP contribution in [0.15, 0.2) is 24.3 Å². The summed E-state index contributed by atoms with van der Waals surface area (Å²) < 4.78 is 0. The summed E-state index contributed by atoms with van der Waals surface area (Å²) in [5.74, 6) is -0.0756. The average Bonchev–Trinajstić information content (AvgIpc) is 2.42. The Hall–Kier alpha value is -1.68. The lowest BCUT2D eigenvalue weighted by Gasteiger charge is -2.17. The molecule has 1 aromatic carbocycles. The molecule has 0 aromatic heterocycles. The van der Waals surface area contributed by atoms with Gasteiger partial charge in [0.05, 0.1) is 6.10 Å². The maximum atomic E-state index is 11.9. The Morgan fingerprint density at radius 2 is 1.80 bits per heavy atom. The zero-order valence-corrected chi connectivity index (χ0v) is 12.4. The Kier molecular flexibility index (Phi) is 6.39. The molecule has 4 nitrogen and oxygen atoms in total. The van der Waals surface area contributed by atoms with E-state index in [0.29, 0.717) is 18.5 Å². The molecule has 20 heavy (non-hydrogen) atoms. The molecule has 1 unspecified atom stereocenters. The van der Waals surface area contributed by atoms with Gasteiger partial charge in [-0.15, -0.1) is 0 Å². The molecule has 0 spiro atoms. The van der Waals surface area contributed by atoms with Gasteiger partial charge >= 0.3 is 0 Å². The molecule has 0 bridgehead atoms. The van der Waals surface area contributed by atoms with Crippen LogP contribution in [0, 0.1) is 6.92 Å². The van der Waals surface area contributed by atoms with Crippen molar-refractivity contribution in [3.8, 4) is 0 Å². The largest absolute Gasteiger partial charge is 0.393 e. The molecule has 1 aromatic rings. The van der Waals surface area contributed by atoms with Gasteiger partial charge in [-0.3, -0.25) is 9.59 Å². The summed E-state index contributed by atoms with van der Waals surface area (Å²) in [5.41, 5.74) is 1.76. The predicted octanol–water partition coefficient (Wildman–Crippen LogP) is 2.19. The molecular weight excluding hydrogens is 254 g/mol. The Labute approximate surface area is 120 Å². The molecule has 1 atom stereocenters. The first-order chi connectivity index (χ1) is 9.40. The predicted molar refractivity (Wildman–Crippen MR) is 78.7 cm³/mol. The lowest BCUT2D eigenvalue weighted by atomic mass is 10.0. The molecule has 0 radical (unpaired) electrons. The summed E-state index contributed by atoms with van der Waals surface area (Å²) in [5, 5.41) is 9.18. The zero-order chi connectivity index (χ0) is 15.1. The van der Waals surface area contributed by atoms with Gasteiger partial charge < -0.3 is 10.0 Å². The summed E-state index contributed by atoms with van der Waals surface area (Å²) in [6.07, 6.45) is 0.567. The van der Waals surface area contributed by atoms with Gasteiger partial charge in [-0.1, -0.05) is 29.8 Å². The number of Topliss-reactive ketones (excluding diaryl/α,β-unsaturated/α-hetero) is 1. The highest BCUT2D eigenvalue weighted by atomic mass is 16.3. The van der Waals surface area contributed by atoms with Gasteiger partial charge in [-0.05, 0) is 20.3 Å². The fraction of sp³-hybridized carbons (Fsp3) is 0.500. The van der Waals surface area contributed by atoms with Crippen molar-refractivity contribution < 1.29 is 14.7 Å². The van der Waals surface area contributed by atoms with Crippen molar-refractivity contribution in [1.82, 2.24) is 4.90 Å². The number of aryl methyl sites for hydroxylation is 1. The molecule has 0 aliphatic heterocycles. The monoisotopic (exact) mass is 277 g/mol. The van der Waals surface area contributed by atoms with Gasteiger partial charge in [0.2, 0.25) is 5.91 Å². The molecular formula is C16H23NO3. The number of carbonyl (C=O) groups excluding carboxylic acids is 2. The SMILES string of the molecule is Cc1ccc(C(=O)CCC(=O)N(C)CCC(C)O)cc1. The number of rotatable bonds is 7. The molecule has 1 amide bonds. The number of amides is 1. The third-order valence-corrected chi connectivity index (χ3v) is 3.25. The molecule has 0 heterocycles. The van der Waals surface area contributed by atoms with Crippen LogP contribution in [0.4, 0.5) is 0 Å². The van der Waals surface area contributed by atoms with Crippen LogP contribution >= 0.6 is 0 Å². The van der Waals surface area contributed by atoms with E-state index in [1.54, 1.807) is 31.0 Å². The highest BCUT2D eigenvalue weighted by Gasteiger charge is 2.13. The summed E-state index contributed by atoms with van der Waals surface area (Å²) in [6.45, 7) is 4.17. The lowest BCUT2D eigenvalue weighted by Crippen LogP contribution is -2.29. The number of benzene rings is 1. The van der Waals surface area contributed by atoms with Gasteiger partial charge in [0.25, 0.3) is 0 Å². The smallest absolute Gasteiger partial charge is 0.222 e. The van der Waals surface area contributed by atoms with Gasteiger partial charge in [-0.2, -0.15) is 0 Å². The maximum absolute atomic E-state index is 11.9. The van der Waals surface area contributed by atoms with E-state index in [1.807, 2.05) is 19.1 Å². The summed E-state index contributed by atoms with van der Waals surface area (Å²) in [6, 6.07) is 7.37. The van der Waals surface area contributed by atoms with Crippen molar-refractivity contribution in [3.05, 3.63) is 35.4 Å². The fourth-order valence-corrected chi connectivity index (χ4v) is 1.80. The average molecular weight is 277 g/mol. The minimum Gasteiger partial charge on any atom is -0.393 e. The van der Waals surface area contributed by atoms with Crippen LogP contribution in [-0.4, -0.2) is 41.4 Å². The van der Waals surface area contributed by atoms with E-state index in [9.17, 15) is 14.7 Å². The molecule has 0 aliphatic rings. The van der Waals surface area contributed by atoms with E-state index in [-0.39, 0.29) is 24.5 Å². The van der Waals surface area contributed by atoms with Crippen LogP contribution in [-0.2, 0) is 4.79 Å². The molecule has 0 saturated heterocycles. The van der Waals surface area contributed by atoms with Crippen molar-refractivity contribution in [2.24, 2.45) is 0 Å². The minimum atomic E-state index is -0.417. The zero-order valence-electron chi connectivity index (χ0n) is 12.4. The molecule has 0 fully saturated rings. The number of ketones is 1. The first-order valence-electron chi connectivity index (χ1n) is 6.92. The van der Waals surface area contributed by atoms with Gasteiger partial charge in [-0.25, -0.2) is 0 Å². The van der Waals surface area contributed by atoms with Crippen LogP contribution in [0.25, 0.3) is 0 Å². The van der Waals surface area contributed by atoms with Crippen LogP contribution in [0.3, 0.4) is 0 Å². The first-order valence-corrected chi connectivity index (χ1v) is 6.92. The second-order valence-electron chi connectivity index (χ2n) is 5.24. The summed E-state index contributed by atoms with van der Waals surface area (Å²) >= 11 is 0. The van der Waals surface area contributed by atoms with E-state index >= 15 is 0 Å². The van der Waals surface area contributed by atoms with Crippen molar-refractivity contribution in [2.45, 2.75) is 39.2 Å². The van der Waals surface area contributed by atoms with Crippen molar-refractivity contribution >= 4 is 11.7 Å². The quantitative estimate of drug-likeness (QED) is 0.777. The van der Waals surface area contributed by atoms with Crippen LogP contribution < -0.4 is 0 Å². The molecule has 1 rings (SSSR count). The Morgan fingerprint density at radius 3 is 2.35 bits per heavy atom. The van der Waals surface area contributed by atoms with Gasteiger partial charge in [0.1, 0.15) is 0 Å². The Morgan fingerprint density at radius 1 is 1.20 bits per heavy atom. The second kappa shape index (κ2) is 7.80. The third-order valence-electron chi connectivity index (χ3n) is 3.25. The third kappa shape index (κ3) is 5.53. The molecule has 110 valence electrons. The van der Waals surface area contributed by atoms with E-state index in [4.69, 9.17) is 0 Å². The minimum absolute atomic E-state index is 0.0118. The van der Waals surface area contributed by atoms with E-state index in [1.165, 1.54) is 0 Å². The molecule has 0 aliphatic carbocycles. The Balaban J connectivity index is 2.40. The summed E-state index contributed by atoms with van der Waals surface area (Å²) in [4.78, 5) is 25.3. The molecule has 0 saturated carbocycles. The van der Waals surface area contributed by atoms with E-state index in [2.05, 4.69) is 0 Å². The number of hydrogen-bond donors (Lipinski definition) is 1. The second-order valence-corrected chi connectivity index (χ2v) is 5.24. The first kappa shape index (κ1) is 16.4. The molecule has 1 N–H and O–H groups in total. The van der Waals surface area contributed by atoms with Crippen molar-refractivity contribution in [3.63, 3.8) is 0 Å². The Bertz CT molecular complexity index is 451. The highest BCUT2D eigenvalue weighted by Crippen LogP contribution is 2.08. The molecule has 4 heteroatoms. The van der Waals surface area contributed by atoms with Gasteiger partial charge in [0.15, 0.2) is 5.78 Å². The van der Waals surface area contributed by atoms with Crippen molar-refractivity contribution in [1.29, 1.82) is 0 Å². The van der Waals surface area contributed by atoms with Crippen LogP contribution in [0.1, 0.15) is 42.1 Å². The number of aliphatic hydroxyl groups is 1. The normalized spacial score (nSPS) is 12.0. The van der Waals surface area contributed by atoms with E-state index < -0.39 is 6.10 Å². The standard InChI is InChI=1S/C16H23NO3/c1-12-4-6-14(7-5-12)15(19)8-9-16(20)17(3)11-10-13(2)18/h4-7,13,18H,8-11H2,1-3H3. The summed E-state index contributed by atoms with van der Waals surface area (Å²) in [7, 11) is 1.70. The topological polar surface area (TPSA) is 57.6 Å². The van der Waals surface area contributed by atoms with Crippen LogP contribution in [0.5, 0.6) is 0 Å². The van der Waals surface area contributed by atoms with Gasteiger partial charge in [0, 0.05) is 32.0 Å². The van der Waals surface area contributed by atoms with Crippen molar-refractivity contribution in [2.75, 3.05) is 13.6 Å². The number of nitrogens with zero attached hydrogens (tertiary/aromatic N) is 1. The lowest BCUT2D eigenvalue weighted by molar-refractivity contribution is -0.130. The maximum Gasteiger partial charge on any atom is 0.222 e. The number of carbonyl (C=O) groups is 2. The number of aliphatic hydroxyl groups excluding tert-OH is 1. The number of hydrogen-bond acceptors (Lipinski definition) is 3.